The molecule has 0 atom stereocenters. The van der Waals surface area contributed by atoms with Crippen LogP contribution in [0.5, 0.6) is 0 Å². The lowest BCUT2D eigenvalue weighted by atomic mass is 9.95. The first-order valence-corrected chi connectivity index (χ1v) is 29.0. The maximum absolute atomic E-state index is 11.5. The molecule has 3 aromatic heterocycles. The van der Waals surface area contributed by atoms with Gasteiger partial charge in [-0.05, 0) is 178 Å². The van der Waals surface area contributed by atoms with E-state index in [0.29, 0.717) is 5.56 Å². The Morgan fingerprint density at radius 2 is 0.560 bits per heavy atom. The van der Waals surface area contributed by atoms with Crippen molar-refractivity contribution in [1.29, 1.82) is 5.26 Å². The van der Waals surface area contributed by atoms with Crippen molar-refractivity contribution in [2.24, 2.45) is 0 Å². The molecule has 402 valence electrons. The number of aryl methyl sites for hydroxylation is 8. The second kappa shape index (κ2) is 20.6. The van der Waals surface area contributed by atoms with Crippen LogP contribution in [0.4, 0.5) is 0 Å². The molecule has 0 saturated carbocycles. The van der Waals surface area contributed by atoms with E-state index in [9.17, 15) is 5.26 Å². The van der Waals surface area contributed by atoms with Gasteiger partial charge < -0.3 is 9.13 Å². The Labute approximate surface area is 491 Å². The van der Waals surface area contributed by atoms with Crippen molar-refractivity contribution in [2.45, 2.75) is 55.4 Å². The third-order valence-corrected chi connectivity index (χ3v) is 16.7. The molecule has 0 aliphatic rings. The third-order valence-electron chi connectivity index (χ3n) is 16.7. The molecule has 14 rings (SSSR count). The molecule has 0 aliphatic carbocycles. The fourth-order valence-corrected chi connectivity index (χ4v) is 13.4. The average molecular weight is 1080 g/mol. The zero-order valence-electron chi connectivity index (χ0n) is 48.7. The second-order valence-electron chi connectivity index (χ2n) is 23.5. The van der Waals surface area contributed by atoms with Crippen molar-refractivity contribution in [3.63, 3.8) is 0 Å². The highest BCUT2D eigenvalue weighted by atomic mass is 15.0. The summed E-state index contributed by atoms with van der Waals surface area (Å²) >= 11 is 0. The monoisotopic (exact) mass is 1080 g/mol. The lowest BCUT2D eigenvalue weighted by Gasteiger charge is -2.22. The van der Waals surface area contributed by atoms with Gasteiger partial charge in [-0.25, -0.2) is 4.98 Å². The van der Waals surface area contributed by atoms with Gasteiger partial charge in [0.1, 0.15) is 0 Å². The van der Waals surface area contributed by atoms with Crippen LogP contribution >= 0.6 is 0 Å². The maximum atomic E-state index is 11.5. The molecule has 0 aliphatic heterocycles. The van der Waals surface area contributed by atoms with Crippen molar-refractivity contribution in [1.82, 2.24) is 14.1 Å². The van der Waals surface area contributed by atoms with E-state index in [4.69, 9.17) is 4.98 Å². The summed E-state index contributed by atoms with van der Waals surface area (Å²) < 4.78 is 4.85. The topological polar surface area (TPSA) is 46.5 Å². The largest absolute Gasteiger partial charge is 0.308 e. The van der Waals surface area contributed by atoms with Crippen molar-refractivity contribution in [3.05, 3.63) is 281 Å². The van der Waals surface area contributed by atoms with E-state index in [1.807, 2.05) is 0 Å². The first-order chi connectivity index (χ1) is 40.8. The average Bonchev–Trinajstić information content (AvgIpc) is 1.79. The van der Waals surface area contributed by atoms with Crippen LogP contribution in [0.3, 0.4) is 0 Å². The van der Waals surface area contributed by atoms with Gasteiger partial charge in [-0.2, -0.15) is 5.26 Å². The molecule has 0 bridgehead atoms. The molecule has 0 saturated heterocycles. The number of benzene rings is 11. The molecule has 0 amide bonds. The van der Waals surface area contributed by atoms with E-state index in [-0.39, 0.29) is 0 Å². The number of nitriles is 1. The Balaban J connectivity index is 1.14. The Morgan fingerprint density at radius 3 is 0.833 bits per heavy atom. The number of fused-ring (bicyclic) bond motifs is 6. The van der Waals surface area contributed by atoms with Crippen LogP contribution in [0.1, 0.15) is 50.1 Å². The highest BCUT2D eigenvalue weighted by molar-refractivity contribution is 6.14. The molecule has 0 unspecified atom stereocenters. The number of nitrogens with zero attached hydrogens (tertiary/aromatic N) is 4. The maximum Gasteiger partial charge on any atom is 0.0993 e. The smallest absolute Gasteiger partial charge is 0.0993 e. The van der Waals surface area contributed by atoms with Crippen molar-refractivity contribution in [3.8, 4) is 95.6 Å². The van der Waals surface area contributed by atoms with Gasteiger partial charge in [0, 0.05) is 38.2 Å². The number of hydrogen-bond acceptors (Lipinski definition) is 2. The summed E-state index contributed by atoms with van der Waals surface area (Å²) in [6.07, 6.45) is 0. The molecule has 0 spiro atoms. The Kier molecular flexibility index (Phi) is 12.7. The summed E-state index contributed by atoms with van der Waals surface area (Å²) in [5.41, 5.74) is 31.3. The van der Waals surface area contributed by atoms with Crippen LogP contribution in [-0.2, 0) is 0 Å². The highest BCUT2D eigenvalue weighted by Gasteiger charge is 2.26. The van der Waals surface area contributed by atoms with E-state index in [2.05, 4.69) is 301 Å². The zero-order chi connectivity index (χ0) is 57.5. The van der Waals surface area contributed by atoms with Crippen LogP contribution in [0.25, 0.3) is 133 Å². The number of pyridine rings is 1. The Hall–Kier alpha value is -10.3. The number of rotatable bonds is 9. The van der Waals surface area contributed by atoms with E-state index >= 15 is 0 Å². The Bertz CT molecular complexity index is 4440. The SMILES string of the molecule is Cc1cc(C)cc(-c2ccc3c(c2)c2cc(-c4cc(C)cc(C)c4)ccc2n3-c2cc(C#N)cc(-n3c4ccc(-c5cc(C)cc(C)c5)cc4c4cc(-c5cc(C)cc(C)c5)ccc43)c2-c2cc(-c3ccccc3)nc(-c3ccccc3)c2)c1. The first kappa shape index (κ1) is 51.8. The van der Waals surface area contributed by atoms with Crippen LogP contribution in [0.15, 0.2) is 231 Å². The summed E-state index contributed by atoms with van der Waals surface area (Å²) in [6, 6.07) is 87.5. The number of aromatic nitrogens is 3. The Morgan fingerprint density at radius 1 is 0.274 bits per heavy atom. The molecular formula is C80H62N4. The van der Waals surface area contributed by atoms with E-state index in [1.54, 1.807) is 0 Å². The molecule has 4 heteroatoms. The van der Waals surface area contributed by atoms with Gasteiger partial charge in [-0.3, -0.25) is 0 Å². The predicted octanol–water partition coefficient (Wildman–Crippen LogP) is 21.3. The summed E-state index contributed by atoms with van der Waals surface area (Å²) in [6.45, 7) is 17.4. The summed E-state index contributed by atoms with van der Waals surface area (Å²) in [5.74, 6) is 0. The molecule has 0 fully saturated rings. The fourth-order valence-electron chi connectivity index (χ4n) is 13.4. The standard InChI is InChI=1S/C80H62N4/c1-48-27-49(2)32-63(31-48)59-19-23-74-68(41-59)69-42-60(64-33-50(3)28-51(4)34-64)20-24-75(69)83(74)78-39-56(47-81)40-79(80(78)67-45-72(57-15-11-9-12-16-57)82-73(46-67)58-17-13-10-14-18-58)84-76-25-21-61(65-35-52(5)29-53(6)36-65)43-70(76)71-44-62(22-26-77(71)84)66-37-54(7)30-55(8)38-66/h9-46H,1-8H3. The van der Waals surface area contributed by atoms with Crippen molar-refractivity contribution in [2.75, 3.05) is 0 Å². The first-order valence-electron chi connectivity index (χ1n) is 29.0. The van der Waals surface area contributed by atoms with Crippen LogP contribution in [0, 0.1) is 66.7 Å². The molecule has 0 N–H and O–H groups in total. The molecule has 3 heterocycles. The van der Waals surface area contributed by atoms with E-state index in [1.165, 1.54) is 66.8 Å². The van der Waals surface area contributed by atoms with Gasteiger partial charge >= 0.3 is 0 Å². The third kappa shape index (κ3) is 9.35. The fraction of sp³-hybridized carbons (Fsp3) is 0.100. The minimum absolute atomic E-state index is 0.548. The second-order valence-corrected chi connectivity index (χ2v) is 23.5. The minimum atomic E-state index is 0.548. The van der Waals surface area contributed by atoms with Crippen molar-refractivity contribution < 1.29 is 0 Å². The molecule has 0 radical (unpaired) electrons. The summed E-state index contributed by atoms with van der Waals surface area (Å²) in [7, 11) is 0. The van der Waals surface area contributed by atoms with Gasteiger partial charge in [-0.15, -0.1) is 0 Å². The minimum Gasteiger partial charge on any atom is -0.308 e. The molecule has 11 aromatic carbocycles. The van der Waals surface area contributed by atoms with Crippen LogP contribution < -0.4 is 0 Å². The predicted molar refractivity (Wildman–Crippen MR) is 354 cm³/mol. The van der Waals surface area contributed by atoms with Crippen LogP contribution in [-0.4, -0.2) is 14.1 Å². The van der Waals surface area contributed by atoms with Gasteiger partial charge in [0.15, 0.2) is 0 Å². The van der Waals surface area contributed by atoms with Gasteiger partial charge in [0.05, 0.1) is 56.5 Å². The van der Waals surface area contributed by atoms with Crippen LogP contribution in [0.2, 0.25) is 0 Å². The van der Waals surface area contributed by atoms with Gasteiger partial charge in [0.2, 0.25) is 0 Å². The summed E-state index contributed by atoms with van der Waals surface area (Å²) in [4.78, 5) is 5.45. The van der Waals surface area contributed by atoms with E-state index < -0.39 is 0 Å². The van der Waals surface area contributed by atoms with Gasteiger partial charge in [-0.1, -0.05) is 202 Å². The molecule has 84 heavy (non-hydrogen) atoms. The lowest BCUT2D eigenvalue weighted by molar-refractivity contribution is 1.13. The molecule has 4 nitrogen and oxygen atoms in total. The number of hydrogen-bond donors (Lipinski definition) is 0. The summed E-state index contributed by atoms with van der Waals surface area (Å²) in [5, 5.41) is 16.0. The van der Waals surface area contributed by atoms with Crippen molar-refractivity contribution >= 4 is 43.6 Å². The highest BCUT2D eigenvalue weighted by Crippen LogP contribution is 2.47. The van der Waals surface area contributed by atoms with Gasteiger partial charge in [0.25, 0.3) is 0 Å². The zero-order valence-corrected chi connectivity index (χ0v) is 48.7. The molecule has 14 aromatic rings. The quantitative estimate of drug-likeness (QED) is 0.145. The molecular weight excluding hydrogens is 1020 g/mol. The van der Waals surface area contributed by atoms with E-state index in [0.717, 1.165) is 111 Å². The lowest BCUT2D eigenvalue weighted by Crippen LogP contribution is -2.06. The normalized spacial score (nSPS) is 11.6.